The highest BCUT2D eigenvalue weighted by Crippen LogP contribution is 2.26. The molecule has 1 amide bonds. The molecule has 1 aliphatic rings. The van der Waals surface area contributed by atoms with Gasteiger partial charge in [-0.05, 0) is 22.9 Å². The fraction of sp³-hybridized carbons (Fsp3) is 0.250. The molecule has 1 aliphatic heterocycles. The maximum absolute atomic E-state index is 11.0. The van der Waals surface area contributed by atoms with Crippen molar-refractivity contribution in [2.75, 3.05) is 24.5 Å². The monoisotopic (exact) mass is 332 g/mol. The van der Waals surface area contributed by atoms with Crippen LogP contribution >= 0.6 is 0 Å². The van der Waals surface area contributed by atoms with Crippen molar-refractivity contribution in [1.82, 2.24) is 15.3 Å². The smallest absolute Gasteiger partial charge is 0.225 e. The van der Waals surface area contributed by atoms with Gasteiger partial charge in [0, 0.05) is 44.2 Å². The van der Waals surface area contributed by atoms with Crippen LogP contribution in [0.25, 0.3) is 22.0 Å². The number of hydrogen-bond acceptors (Lipinski definition) is 4. The highest BCUT2D eigenvalue weighted by atomic mass is 16.1. The van der Waals surface area contributed by atoms with E-state index in [1.807, 2.05) is 24.4 Å². The van der Waals surface area contributed by atoms with Gasteiger partial charge in [0.05, 0.1) is 5.69 Å². The molecule has 3 aromatic rings. The summed E-state index contributed by atoms with van der Waals surface area (Å²) in [6.07, 6.45) is 1.81. The molecule has 2 aromatic carbocycles. The number of fused-ring (bicyclic) bond motifs is 1. The molecule has 0 spiro atoms. The van der Waals surface area contributed by atoms with E-state index in [2.05, 4.69) is 45.5 Å². The van der Waals surface area contributed by atoms with E-state index in [1.165, 1.54) is 10.8 Å². The number of carbonyl (C=O) groups is 1. The normalized spacial score (nSPS) is 14.4. The SMILES string of the molecule is CC(=O)NCC1CN(c2nccc(-c3ccc4ccccc4c3)n2)C1. The van der Waals surface area contributed by atoms with Crippen molar-refractivity contribution < 1.29 is 4.79 Å². The lowest BCUT2D eigenvalue weighted by molar-refractivity contribution is -0.119. The van der Waals surface area contributed by atoms with Crippen LogP contribution in [0.5, 0.6) is 0 Å². The minimum atomic E-state index is 0.0213. The van der Waals surface area contributed by atoms with Crippen LogP contribution in [0.15, 0.2) is 54.7 Å². The van der Waals surface area contributed by atoms with Crippen molar-refractivity contribution >= 4 is 22.6 Å². The third-order valence-corrected chi connectivity index (χ3v) is 4.57. The molecule has 0 bridgehead atoms. The third-order valence-electron chi connectivity index (χ3n) is 4.57. The molecule has 25 heavy (non-hydrogen) atoms. The van der Waals surface area contributed by atoms with Gasteiger partial charge in [-0.25, -0.2) is 9.97 Å². The largest absolute Gasteiger partial charge is 0.356 e. The fourth-order valence-electron chi connectivity index (χ4n) is 3.16. The molecule has 5 heteroatoms. The van der Waals surface area contributed by atoms with E-state index in [0.717, 1.165) is 36.8 Å². The quantitative estimate of drug-likeness (QED) is 0.798. The van der Waals surface area contributed by atoms with E-state index in [9.17, 15) is 4.79 Å². The molecule has 1 fully saturated rings. The Labute approximate surface area is 146 Å². The lowest BCUT2D eigenvalue weighted by atomic mass is 10.0. The zero-order valence-corrected chi connectivity index (χ0v) is 14.1. The number of hydrogen-bond donors (Lipinski definition) is 1. The average molecular weight is 332 g/mol. The minimum absolute atomic E-state index is 0.0213. The summed E-state index contributed by atoms with van der Waals surface area (Å²) in [6, 6.07) is 16.7. The molecule has 0 atom stereocenters. The number of nitrogens with one attached hydrogen (secondary N) is 1. The molecule has 1 aromatic heterocycles. The molecular weight excluding hydrogens is 312 g/mol. The van der Waals surface area contributed by atoms with Gasteiger partial charge in [0.2, 0.25) is 11.9 Å². The van der Waals surface area contributed by atoms with E-state index in [4.69, 9.17) is 4.98 Å². The molecule has 2 heterocycles. The molecule has 1 saturated heterocycles. The van der Waals surface area contributed by atoms with Gasteiger partial charge in [0.25, 0.3) is 0 Å². The second kappa shape index (κ2) is 6.51. The highest BCUT2D eigenvalue weighted by Gasteiger charge is 2.28. The van der Waals surface area contributed by atoms with Crippen LogP contribution in [0, 0.1) is 5.92 Å². The first-order chi connectivity index (χ1) is 12.2. The van der Waals surface area contributed by atoms with Gasteiger partial charge in [-0.3, -0.25) is 4.79 Å². The van der Waals surface area contributed by atoms with Crippen molar-refractivity contribution in [2.24, 2.45) is 5.92 Å². The van der Waals surface area contributed by atoms with Crippen LogP contribution in [0.3, 0.4) is 0 Å². The Balaban J connectivity index is 1.51. The first kappa shape index (κ1) is 15.6. The number of amides is 1. The average Bonchev–Trinajstić information content (AvgIpc) is 2.60. The van der Waals surface area contributed by atoms with Gasteiger partial charge in [0.1, 0.15) is 0 Å². The summed E-state index contributed by atoms with van der Waals surface area (Å²) < 4.78 is 0. The first-order valence-corrected chi connectivity index (χ1v) is 8.50. The Hall–Kier alpha value is -2.95. The predicted molar refractivity (Wildman–Crippen MR) is 99.4 cm³/mol. The summed E-state index contributed by atoms with van der Waals surface area (Å²) in [6.45, 7) is 4.02. The summed E-state index contributed by atoms with van der Waals surface area (Å²) in [7, 11) is 0. The standard InChI is InChI=1S/C20H20N4O/c1-14(25)22-11-15-12-24(13-15)20-21-9-8-19(23-20)18-7-6-16-4-2-3-5-17(16)10-18/h2-10,15H,11-13H2,1H3,(H,22,25). The highest BCUT2D eigenvalue weighted by molar-refractivity contribution is 5.86. The lowest BCUT2D eigenvalue weighted by Gasteiger charge is -2.39. The summed E-state index contributed by atoms with van der Waals surface area (Å²) in [5.41, 5.74) is 2.03. The van der Waals surface area contributed by atoms with Gasteiger partial charge in [-0.2, -0.15) is 0 Å². The van der Waals surface area contributed by atoms with Crippen molar-refractivity contribution in [3.05, 3.63) is 54.7 Å². The Morgan fingerprint density at radius 3 is 2.76 bits per heavy atom. The molecule has 126 valence electrons. The van der Waals surface area contributed by atoms with E-state index < -0.39 is 0 Å². The van der Waals surface area contributed by atoms with Crippen molar-refractivity contribution in [1.29, 1.82) is 0 Å². The lowest BCUT2D eigenvalue weighted by Crippen LogP contribution is -2.52. The van der Waals surface area contributed by atoms with Gasteiger partial charge in [-0.15, -0.1) is 0 Å². The van der Waals surface area contributed by atoms with Crippen molar-refractivity contribution in [3.63, 3.8) is 0 Å². The molecule has 4 rings (SSSR count). The van der Waals surface area contributed by atoms with Crippen LogP contribution in [0.2, 0.25) is 0 Å². The van der Waals surface area contributed by atoms with E-state index in [1.54, 1.807) is 6.92 Å². The molecule has 1 N–H and O–H groups in total. The summed E-state index contributed by atoms with van der Waals surface area (Å²) in [4.78, 5) is 22.3. The van der Waals surface area contributed by atoms with Crippen LogP contribution < -0.4 is 10.2 Å². The van der Waals surface area contributed by atoms with E-state index in [-0.39, 0.29) is 5.91 Å². The van der Waals surface area contributed by atoms with Crippen molar-refractivity contribution in [2.45, 2.75) is 6.92 Å². The van der Waals surface area contributed by atoms with Crippen LogP contribution in [0.1, 0.15) is 6.92 Å². The van der Waals surface area contributed by atoms with E-state index >= 15 is 0 Å². The minimum Gasteiger partial charge on any atom is -0.356 e. The zero-order valence-electron chi connectivity index (χ0n) is 14.1. The van der Waals surface area contributed by atoms with Crippen LogP contribution in [0.4, 0.5) is 5.95 Å². The maximum atomic E-state index is 11.0. The van der Waals surface area contributed by atoms with Gasteiger partial charge >= 0.3 is 0 Å². The second-order valence-electron chi connectivity index (χ2n) is 6.51. The summed E-state index contributed by atoms with van der Waals surface area (Å²) >= 11 is 0. The Bertz CT molecular complexity index is 918. The second-order valence-corrected chi connectivity index (χ2v) is 6.51. The fourth-order valence-corrected chi connectivity index (χ4v) is 3.16. The summed E-state index contributed by atoms with van der Waals surface area (Å²) in [5.74, 6) is 1.24. The molecule has 5 nitrogen and oxygen atoms in total. The first-order valence-electron chi connectivity index (χ1n) is 8.50. The zero-order chi connectivity index (χ0) is 17.2. The van der Waals surface area contributed by atoms with Gasteiger partial charge in [0.15, 0.2) is 0 Å². The Morgan fingerprint density at radius 2 is 1.96 bits per heavy atom. The number of benzene rings is 2. The molecule has 0 unspecified atom stereocenters. The topological polar surface area (TPSA) is 58.1 Å². The Morgan fingerprint density at radius 1 is 1.16 bits per heavy atom. The molecule has 0 radical (unpaired) electrons. The molecule has 0 saturated carbocycles. The number of nitrogens with zero attached hydrogens (tertiary/aromatic N) is 3. The predicted octanol–water partition coefficient (Wildman–Crippen LogP) is 2.87. The van der Waals surface area contributed by atoms with E-state index in [0.29, 0.717) is 5.92 Å². The van der Waals surface area contributed by atoms with Gasteiger partial charge < -0.3 is 10.2 Å². The van der Waals surface area contributed by atoms with Gasteiger partial charge in [-0.1, -0.05) is 36.4 Å². The molecular formula is C20H20N4O. The molecule has 0 aliphatic carbocycles. The third kappa shape index (κ3) is 3.31. The number of aromatic nitrogens is 2. The van der Waals surface area contributed by atoms with Crippen LogP contribution in [-0.2, 0) is 4.79 Å². The van der Waals surface area contributed by atoms with Crippen LogP contribution in [-0.4, -0.2) is 35.5 Å². The number of anilines is 1. The Kier molecular flexibility index (Phi) is 4.06. The maximum Gasteiger partial charge on any atom is 0.225 e. The van der Waals surface area contributed by atoms with Crippen molar-refractivity contribution in [3.8, 4) is 11.3 Å². The number of rotatable bonds is 4. The summed E-state index contributed by atoms with van der Waals surface area (Å²) in [5, 5.41) is 5.30. The number of carbonyl (C=O) groups excluding carboxylic acids is 1.